The number of carbonyl (C=O) groups is 1. The van der Waals surface area contributed by atoms with Gasteiger partial charge < -0.3 is 19.8 Å². The summed E-state index contributed by atoms with van der Waals surface area (Å²) in [7, 11) is 1.57. The zero-order chi connectivity index (χ0) is 45.7. The fourth-order valence-corrected chi connectivity index (χ4v) is 8.68. The van der Waals surface area contributed by atoms with Crippen molar-refractivity contribution in [2.45, 2.75) is 270 Å². The van der Waals surface area contributed by atoms with Gasteiger partial charge in [0.2, 0.25) is 5.91 Å². The molecule has 1 amide bonds. The summed E-state index contributed by atoms with van der Waals surface area (Å²) in [6.45, 7) is 4.83. The van der Waals surface area contributed by atoms with Gasteiger partial charge in [0.1, 0.15) is 13.2 Å². The Kier molecular flexibility index (Phi) is 44.4. The van der Waals surface area contributed by atoms with Gasteiger partial charge in [-0.3, -0.25) is 13.8 Å². The lowest BCUT2D eigenvalue weighted by atomic mass is 10.0. The molecule has 0 heterocycles. The molecule has 3 N–H and O–H groups in total. The number of quaternary nitrogens is 1. The molecular weight excluding hydrogens is 792 g/mol. The van der Waals surface area contributed by atoms with Crippen LogP contribution in [0.25, 0.3) is 0 Å². The fraction of sp³-hybridized carbons (Fsp3) is 0.906. The first-order valence-electron chi connectivity index (χ1n) is 26.7. The van der Waals surface area contributed by atoms with Gasteiger partial charge in [0.15, 0.2) is 0 Å². The zero-order valence-corrected chi connectivity index (χ0v) is 42.8. The molecule has 0 radical (unpaired) electrons. The molecule has 3 unspecified atom stereocenters. The molecule has 0 spiro atoms. The van der Waals surface area contributed by atoms with E-state index in [0.29, 0.717) is 17.4 Å². The molecule has 0 aliphatic carbocycles. The van der Waals surface area contributed by atoms with E-state index in [0.717, 1.165) is 38.5 Å². The Morgan fingerprint density at radius 1 is 0.532 bits per heavy atom. The number of nitrogens with zero attached hydrogens (tertiary/aromatic N) is 1. The lowest BCUT2D eigenvalue weighted by Gasteiger charge is -2.25. The van der Waals surface area contributed by atoms with Crippen LogP contribution in [-0.4, -0.2) is 73.4 Å². The molecule has 0 aromatic carbocycles. The average Bonchev–Trinajstić information content (AvgIpc) is 3.23. The number of amides is 1. The molecule has 8 nitrogen and oxygen atoms in total. The van der Waals surface area contributed by atoms with E-state index in [-0.39, 0.29) is 19.1 Å². The monoisotopic (exact) mass is 898 g/mol. The number of hydrogen-bond acceptors (Lipinski definition) is 5. The summed E-state index contributed by atoms with van der Waals surface area (Å²) >= 11 is 0. The van der Waals surface area contributed by atoms with Crippen molar-refractivity contribution in [2.24, 2.45) is 0 Å². The Bertz CT molecular complexity index is 1060. The van der Waals surface area contributed by atoms with Crippen molar-refractivity contribution in [2.75, 3.05) is 40.9 Å². The van der Waals surface area contributed by atoms with E-state index in [2.05, 4.69) is 31.3 Å². The molecule has 0 saturated heterocycles. The highest BCUT2D eigenvalue weighted by atomic mass is 31.2. The van der Waals surface area contributed by atoms with Crippen molar-refractivity contribution in [1.82, 2.24) is 5.32 Å². The predicted octanol–water partition coefficient (Wildman–Crippen LogP) is 15.6. The van der Waals surface area contributed by atoms with Crippen LogP contribution in [0.4, 0.5) is 0 Å². The SMILES string of the molecule is CCCCCCCCCCCCCCCCCC/C=C/CC/C=C/C(O)C(COP(=O)(O)OCC[N+](C)(C)C)NC(=O)CCCCCCCCCCCCCCCCCCCC. The van der Waals surface area contributed by atoms with Gasteiger partial charge in [0.25, 0.3) is 0 Å². The number of rotatable bonds is 49. The van der Waals surface area contributed by atoms with Crippen molar-refractivity contribution in [3.05, 3.63) is 24.3 Å². The van der Waals surface area contributed by atoms with E-state index in [1.807, 2.05) is 27.2 Å². The van der Waals surface area contributed by atoms with E-state index in [4.69, 9.17) is 9.05 Å². The first-order chi connectivity index (χ1) is 30.0. The molecular formula is C53H106N2O6P+. The summed E-state index contributed by atoms with van der Waals surface area (Å²) in [5.74, 6) is -0.182. The first kappa shape index (κ1) is 61.0. The van der Waals surface area contributed by atoms with Crippen LogP contribution in [0.15, 0.2) is 24.3 Å². The third kappa shape index (κ3) is 47.0. The van der Waals surface area contributed by atoms with Crippen LogP contribution < -0.4 is 5.32 Å². The normalized spacial score (nSPS) is 14.2. The molecule has 0 saturated carbocycles. The number of carbonyl (C=O) groups excluding carboxylic acids is 1. The van der Waals surface area contributed by atoms with Crippen LogP contribution in [0, 0.1) is 0 Å². The number of aliphatic hydroxyl groups excluding tert-OH is 1. The standard InChI is InChI=1S/C53H105N2O6P/c1-6-8-10-12-14-16-18-20-22-24-26-27-28-29-30-32-34-36-38-40-42-44-46-52(56)51(50-61-62(58,59)60-49-48-55(3,4)5)54-53(57)47-45-43-41-39-37-35-33-31-25-23-21-19-17-15-13-11-9-7-2/h36,38,44,46,51-52,56H,6-35,37,39-43,45,47-50H2,1-5H3,(H-,54,57,58,59)/p+1/b38-36+,46-44+. The molecule has 0 bridgehead atoms. The van der Waals surface area contributed by atoms with Crippen LogP contribution in [0.2, 0.25) is 0 Å². The second-order valence-electron chi connectivity index (χ2n) is 19.6. The third-order valence-corrected chi connectivity index (χ3v) is 13.2. The van der Waals surface area contributed by atoms with Gasteiger partial charge in [-0.05, 0) is 32.1 Å². The van der Waals surface area contributed by atoms with E-state index >= 15 is 0 Å². The summed E-state index contributed by atoms with van der Waals surface area (Å²) < 4.78 is 23.6. The second kappa shape index (κ2) is 45.1. The summed E-state index contributed by atoms with van der Waals surface area (Å²) in [4.78, 5) is 23.2. The minimum absolute atomic E-state index is 0.0586. The molecule has 62 heavy (non-hydrogen) atoms. The van der Waals surface area contributed by atoms with Crippen LogP contribution >= 0.6 is 7.82 Å². The van der Waals surface area contributed by atoms with Crippen molar-refractivity contribution < 1.29 is 32.9 Å². The Labute approximate surface area is 385 Å². The Morgan fingerprint density at radius 3 is 1.29 bits per heavy atom. The maximum atomic E-state index is 12.9. The van der Waals surface area contributed by atoms with Crippen molar-refractivity contribution in [3.8, 4) is 0 Å². The second-order valence-corrected chi connectivity index (χ2v) is 21.1. The van der Waals surface area contributed by atoms with Gasteiger partial charge in [0, 0.05) is 6.42 Å². The van der Waals surface area contributed by atoms with E-state index in [1.165, 1.54) is 199 Å². The molecule has 0 fully saturated rings. The third-order valence-electron chi connectivity index (χ3n) is 12.2. The van der Waals surface area contributed by atoms with E-state index < -0.39 is 20.0 Å². The van der Waals surface area contributed by atoms with Gasteiger partial charge in [-0.2, -0.15) is 0 Å². The molecule has 9 heteroatoms. The van der Waals surface area contributed by atoms with Crippen molar-refractivity contribution >= 4 is 13.7 Å². The number of allylic oxidation sites excluding steroid dienone is 3. The van der Waals surface area contributed by atoms with E-state index in [9.17, 15) is 19.4 Å². The van der Waals surface area contributed by atoms with Crippen molar-refractivity contribution in [3.63, 3.8) is 0 Å². The Morgan fingerprint density at radius 2 is 0.887 bits per heavy atom. The topological polar surface area (TPSA) is 105 Å². The first-order valence-corrected chi connectivity index (χ1v) is 28.2. The molecule has 0 aromatic heterocycles. The van der Waals surface area contributed by atoms with Gasteiger partial charge in [0.05, 0.1) is 39.9 Å². The summed E-state index contributed by atoms with van der Waals surface area (Å²) in [5.41, 5.74) is 0. The van der Waals surface area contributed by atoms with Gasteiger partial charge >= 0.3 is 7.82 Å². The highest BCUT2D eigenvalue weighted by Crippen LogP contribution is 2.43. The number of aliphatic hydroxyl groups is 1. The van der Waals surface area contributed by atoms with Crippen LogP contribution in [0.5, 0.6) is 0 Å². The Balaban J connectivity index is 4.30. The summed E-state index contributed by atoms with van der Waals surface area (Å²) in [6, 6.07) is -0.859. The average molecular weight is 898 g/mol. The number of phosphoric acid groups is 1. The number of unbranched alkanes of at least 4 members (excludes halogenated alkanes) is 34. The lowest BCUT2D eigenvalue weighted by molar-refractivity contribution is -0.870. The van der Waals surface area contributed by atoms with Gasteiger partial charge in [-0.15, -0.1) is 0 Å². The predicted molar refractivity (Wildman–Crippen MR) is 268 cm³/mol. The summed E-state index contributed by atoms with van der Waals surface area (Å²) in [5, 5.41) is 13.9. The van der Waals surface area contributed by atoms with Gasteiger partial charge in [-0.25, -0.2) is 4.57 Å². The number of nitrogens with one attached hydrogen (secondary N) is 1. The molecule has 3 atom stereocenters. The number of phosphoric ester groups is 1. The quantitative estimate of drug-likeness (QED) is 0.0243. The maximum Gasteiger partial charge on any atom is 0.472 e. The molecule has 368 valence electrons. The highest BCUT2D eigenvalue weighted by molar-refractivity contribution is 7.47. The molecule has 0 rings (SSSR count). The molecule has 0 aliphatic heterocycles. The zero-order valence-electron chi connectivity index (χ0n) is 41.9. The fourth-order valence-electron chi connectivity index (χ4n) is 7.94. The van der Waals surface area contributed by atoms with E-state index in [1.54, 1.807) is 6.08 Å². The minimum atomic E-state index is -4.35. The number of likely N-dealkylation sites (N-methyl/N-ethyl adjacent to an activating group) is 1. The van der Waals surface area contributed by atoms with Crippen LogP contribution in [-0.2, 0) is 18.4 Å². The molecule has 0 aliphatic rings. The number of hydrogen-bond donors (Lipinski definition) is 3. The van der Waals surface area contributed by atoms with Crippen LogP contribution in [0.1, 0.15) is 258 Å². The van der Waals surface area contributed by atoms with Crippen LogP contribution in [0.3, 0.4) is 0 Å². The highest BCUT2D eigenvalue weighted by Gasteiger charge is 2.27. The smallest absolute Gasteiger partial charge is 0.387 e. The maximum absolute atomic E-state index is 12.9. The largest absolute Gasteiger partial charge is 0.472 e. The van der Waals surface area contributed by atoms with Crippen molar-refractivity contribution in [1.29, 1.82) is 0 Å². The lowest BCUT2D eigenvalue weighted by Crippen LogP contribution is -2.45. The van der Waals surface area contributed by atoms with Gasteiger partial charge in [-0.1, -0.05) is 244 Å². The summed E-state index contributed by atoms with van der Waals surface area (Å²) in [6.07, 6.45) is 55.5. The minimum Gasteiger partial charge on any atom is -0.387 e. The Hall–Kier alpha value is -1.02. The molecule has 0 aromatic rings.